The zero-order chi connectivity index (χ0) is 11.4. The molecule has 82 valence electrons. The third-order valence-corrected chi connectivity index (χ3v) is 2.16. The SMILES string of the molecule is O=C(O)C=Cc1coc(C2=CCCC=C2)n1. The van der Waals surface area contributed by atoms with E-state index >= 15 is 0 Å². The molecular weight excluding hydrogens is 206 g/mol. The van der Waals surface area contributed by atoms with Gasteiger partial charge in [0.25, 0.3) is 0 Å². The molecule has 2 rings (SSSR count). The molecule has 0 aliphatic heterocycles. The average molecular weight is 217 g/mol. The lowest BCUT2D eigenvalue weighted by Crippen LogP contribution is -1.87. The molecule has 0 aromatic carbocycles. The van der Waals surface area contributed by atoms with Crippen molar-refractivity contribution in [2.45, 2.75) is 12.8 Å². The molecule has 0 fully saturated rings. The van der Waals surface area contributed by atoms with Gasteiger partial charge in [-0.3, -0.25) is 0 Å². The van der Waals surface area contributed by atoms with Gasteiger partial charge in [-0.15, -0.1) is 0 Å². The van der Waals surface area contributed by atoms with Crippen LogP contribution in [0.25, 0.3) is 11.6 Å². The first-order valence-electron chi connectivity index (χ1n) is 4.99. The van der Waals surface area contributed by atoms with E-state index in [0.29, 0.717) is 11.6 Å². The molecule has 0 radical (unpaired) electrons. The van der Waals surface area contributed by atoms with Gasteiger partial charge in [0.15, 0.2) is 0 Å². The van der Waals surface area contributed by atoms with Crippen molar-refractivity contribution in [3.8, 4) is 0 Å². The topological polar surface area (TPSA) is 63.3 Å². The molecule has 0 saturated carbocycles. The highest BCUT2D eigenvalue weighted by Crippen LogP contribution is 2.20. The Morgan fingerprint density at radius 1 is 1.50 bits per heavy atom. The highest BCUT2D eigenvalue weighted by Gasteiger charge is 2.07. The van der Waals surface area contributed by atoms with E-state index in [4.69, 9.17) is 9.52 Å². The van der Waals surface area contributed by atoms with Crippen LogP contribution in [0.4, 0.5) is 0 Å². The zero-order valence-corrected chi connectivity index (χ0v) is 8.59. The normalized spacial score (nSPS) is 15.4. The second-order valence-corrected chi connectivity index (χ2v) is 3.39. The Labute approximate surface area is 92.6 Å². The number of allylic oxidation sites excluding steroid dienone is 4. The number of hydrogen-bond donors (Lipinski definition) is 1. The lowest BCUT2D eigenvalue weighted by Gasteiger charge is -2.00. The number of nitrogens with zero attached hydrogens (tertiary/aromatic N) is 1. The number of oxazole rings is 1. The van der Waals surface area contributed by atoms with Crippen molar-refractivity contribution in [1.82, 2.24) is 4.98 Å². The molecule has 0 atom stereocenters. The Kier molecular flexibility index (Phi) is 3.00. The van der Waals surface area contributed by atoms with Gasteiger partial charge in [0, 0.05) is 11.6 Å². The smallest absolute Gasteiger partial charge is 0.328 e. The molecule has 0 unspecified atom stereocenters. The van der Waals surface area contributed by atoms with E-state index in [9.17, 15) is 4.79 Å². The minimum Gasteiger partial charge on any atom is -0.478 e. The number of carboxylic acids is 1. The highest BCUT2D eigenvalue weighted by molar-refractivity contribution is 5.84. The average Bonchev–Trinajstić information content (AvgIpc) is 2.76. The standard InChI is InChI=1S/C12H11NO3/c14-11(15)7-6-10-8-16-12(13-10)9-4-2-1-3-5-9/h2,4-8H,1,3H2,(H,14,15). The van der Waals surface area contributed by atoms with Crippen LogP contribution in [0.5, 0.6) is 0 Å². The summed E-state index contributed by atoms with van der Waals surface area (Å²) in [6, 6.07) is 0. The maximum atomic E-state index is 10.3. The molecule has 1 aliphatic carbocycles. The third-order valence-electron chi connectivity index (χ3n) is 2.16. The quantitative estimate of drug-likeness (QED) is 0.790. The lowest BCUT2D eigenvalue weighted by molar-refractivity contribution is -0.131. The van der Waals surface area contributed by atoms with E-state index in [1.807, 2.05) is 6.08 Å². The summed E-state index contributed by atoms with van der Waals surface area (Å²) in [5, 5.41) is 8.46. The fourth-order valence-electron chi connectivity index (χ4n) is 1.42. The number of hydrogen-bond acceptors (Lipinski definition) is 3. The van der Waals surface area contributed by atoms with Gasteiger partial charge in [-0.25, -0.2) is 9.78 Å². The van der Waals surface area contributed by atoms with Crippen LogP contribution in [0.15, 0.2) is 35.0 Å². The van der Waals surface area contributed by atoms with Crippen molar-refractivity contribution in [1.29, 1.82) is 0 Å². The fraction of sp³-hybridized carbons (Fsp3) is 0.167. The predicted octanol–water partition coefficient (Wildman–Crippen LogP) is 2.51. The molecule has 0 saturated heterocycles. The molecule has 4 nitrogen and oxygen atoms in total. The monoisotopic (exact) mass is 217 g/mol. The third kappa shape index (κ3) is 2.48. The number of rotatable bonds is 3. The summed E-state index contributed by atoms with van der Waals surface area (Å²) in [5.74, 6) is -0.470. The van der Waals surface area contributed by atoms with Crippen molar-refractivity contribution < 1.29 is 14.3 Å². The molecule has 1 aromatic rings. The molecule has 4 heteroatoms. The van der Waals surface area contributed by atoms with E-state index < -0.39 is 5.97 Å². The summed E-state index contributed by atoms with van der Waals surface area (Å²) >= 11 is 0. The van der Waals surface area contributed by atoms with Crippen molar-refractivity contribution in [2.24, 2.45) is 0 Å². The molecule has 0 bridgehead atoms. The highest BCUT2D eigenvalue weighted by atomic mass is 16.4. The van der Waals surface area contributed by atoms with Gasteiger partial charge >= 0.3 is 5.97 Å². The summed E-state index contributed by atoms with van der Waals surface area (Å²) < 4.78 is 5.26. The van der Waals surface area contributed by atoms with Crippen molar-refractivity contribution in [3.05, 3.63) is 42.2 Å². The zero-order valence-electron chi connectivity index (χ0n) is 8.59. The van der Waals surface area contributed by atoms with Crippen LogP contribution in [-0.2, 0) is 4.79 Å². The number of aliphatic carboxylic acids is 1. The minimum absolute atomic E-state index is 0.511. The van der Waals surface area contributed by atoms with Crippen molar-refractivity contribution in [3.63, 3.8) is 0 Å². The molecule has 1 heterocycles. The van der Waals surface area contributed by atoms with Crippen molar-refractivity contribution >= 4 is 17.6 Å². The second-order valence-electron chi connectivity index (χ2n) is 3.39. The van der Waals surface area contributed by atoms with E-state index in [-0.39, 0.29) is 0 Å². The molecule has 0 amide bonds. The molecule has 1 aliphatic rings. The van der Waals surface area contributed by atoms with E-state index in [1.54, 1.807) is 0 Å². The van der Waals surface area contributed by atoms with Gasteiger partial charge in [0.2, 0.25) is 5.89 Å². The Bertz CT molecular complexity index is 480. The van der Waals surface area contributed by atoms with Crippen LogP contribution in [0, 0.1) is 0 Å². The summed E-state index contributed by atoms with van der Waals surface area (Å²) in [6.07, 6.45) is 12.0. The van der Waals surface area contributed by atoms with Crippen LogP contribution < -0.4 is 0 Å². The summed E-state index contributed by atoms with van der Waals surface area (Å²) in [4.78, 5) is 14.5. The van der Waals surface area contributed by atoms with E-state index in [1.165, 1.54) is 12.3 Å². The lowest BCUT2D eigenvalue weighted by atomic mass is 10.1. The Balaban J connectivity index is 2.16. The van der Waals surface area contributed by atoms with E-state index in [0.717, 1.165) is 24.5 Å². The molecular formula is C12H11NO3. The first-order valence-corrected chi connectivity index (χ1v) is 4.99. The van der Waals surface area contributed by atoms with Crippen molar-refractivity contribution in [2.75, 3.05) is 0 Å². The Morgan fingerprint density at radius 2 is 2.38 bits per heavy atom. The maximum absolute atomic E-state index is 10.3. The van der Waals surface area contributed by atoms with Crippen LogP contribution in [0.3, 0.4) is 0 Å². The number of carboxylic acid groups (broad SMARTS) is 1. The van der Waals surface area contributed by atoms with Crippen LogP contribution >= 0.6 is 0 Å². The molecule has 16 heavy (non-hydrogen) atoms. The maximum Gasteiger partial charge on any atom is 0.328 e. The van der Waals surface area contributed by atoms with Gasteiger partial charge in [-0.05, 0) is 18.9 Å². The fourth-order valence-corrected chi connectivity index (χ4v) is 1.42. The van der Waals surface area contributed by atoms with Gasteiger partial charge in [0.05, 0.1) is 0 Å². The largest absolute Gasteiger partial charge is 0.478 e. The second kappa shape index (κ2) is 4.61. The Morgan fingerprint density at radius 3 is 3.06 bits per heavy atom. The molecule has 1 aromatic heterocycles. The number of carbonyl (C=O) groups is 1. The summed E-state index contributed by atoms with van der Waals surface area (Å²) in [7, 11) is 0. The predicted molar refractivity (Wildman–Crippen MR) is 59.5 cm³/mol. The minimum atomic E-state index is -0.999. The van der Waals surface area contributed by atoms with E-state index in [2.05, 4.69) is 17.1 Å². The summed E-state index contributed by atoms with van der Waals surface area (Å²) in [6.45, 7) is 0. The first-order chi connectivity index (χ1) is 7.75. The molecule has 0 spiro atoms. The van der Waals surface area contributed by atoms with Gasteiger partial charge < -0.3 is 9.52 Å². The Hall–Kier alpha value is -2.10. The number of aromatic nitrogens is 1. The van der Waals surface area contributed by atoms with Crippen LogP contribution in [0.2, 0.25) is 0 Å². The first kappa shape index (κ1) is 10.4. The van der Waals surface area contributed by atoms with Gasteiger partial charge in [-0.2, -0.15) is 0 Å². The molecule has 1 N–H and O–H groups in total. The summed E-state index contributed by atoms with van der Waals surface area (Å²) in [5.41, 5.74) is 1.46. The van der Waals surface area contributed by atoms with Crippen LogP contribution in [0.1, 0.15) is 24.4 Å². The van der Waals surface area contributed by atoms with Gasteiger partial charge in [0.1, 0.15) is 12.0 Å². The van der Waals surface area contributed by atoms with Gasteiger partial charge in [-0.1, -0.05) is 18.2 Å². The van der Waals surface area contributed by atoms with Crippen LogP contribution in [-0.4, -0.2) is 16.1 Å².